The fraction of sp³-hybridized carbons (Fsp3) is 0.625. The van der Waals surface area contributed by atoms with Crippen LogP contribution >= 0.6 is 0 Å². The Morgan fingerprint density at radius 2 is 2.18 bits per heavy atom. The fourth-order valence-electron chi connectivity index (χ4n) is 1.50. The van der Waals surface area contributed by atoms with Crippen LogP contribution in [0.1, 0.15) is 0 Å². The molecule has 0 aromatic heterocycles. The average molecular weight is 151 g/mol. The Hall–Kier alpha value is -0.670. The molecule has 3 nitrogen and oxygen atoms in total. The van der Waals surface area contributed by atoms with Crippen LogP contribution in [0, 0.1) is 0 Å². The number of nitrogens with zero attached hydrogens (tertiary/aromatic N) is 2. The number of nitrogens with one attached hydrogen (secondary N) is 1. The van der Waals surface area contributed by atoms with E-state index in [1.54, 1.807) is 0 Å². The van der Waals surface area contributed by atoms with Crippen LogP contribution in [0.3, 0.4) is 0 Å². The number of hydrogen-bond acceptors (Lipinski definition) is 3. The molecule has 0 bridgehead atoms. The second-order valence-electron chi connectivity index (χ2n) is 2.88. The quantitative estimate of drug-likeness (QED) is 0.565. The van der Waals surface area contributed by atoms with Gasteiger partial charge in [0.1, 0.15) is 6.17 Å². The Labute approximate surface area is 66.8 Å². The number of hydrogen-bond donors (Lipinski definition) is 1. The molecule has 0 amide bonds. The monoisotopic (exact) mass is 151 g/mol. The summed E-state index contributed by atoms with van der Waals surface area (Å²) < 4.78 is 0. The van der Waals surface area contributed by atoms with E-state index in [0.29, 0.717) is 6.17 Å². The summed E-state index contributed by atoms with van der Waals surface area (Å²) in [4.78, 5) is 6.71. The minimum absolute atomic E-state index is 0.331. The summed E-state index contributed by atoms with van der Waals surface area (Å²) in [6.07, 6.45) is 6.38. The van der Waals surface area contributed by atoms with Gasteiger partial charge in [-0.25, -0.2) is 0 Å². The minimum atomic E-state index is 0.331. The molecule has 0 aromatic rings. The summed E-state index contributed by atoms with van der Waals surface area (Å²) in [5.74, 6) is 0. The van der Waals surface area contributed by atoms with Gasteiger partial charge in [-0.2, -0.15) is 0 Å². The minimum Gasteiger partial charge on any atom is -0.314 e. The molecule has 0 radical (unpaired) electrons. The van der Waals surface area contributed by atoms with Gasteiger partial charge in [0, 0.05) is 32.4 Å². The predicted molar refractivity (Wildman–Crippen MR) is 45.9 cm³/mol. The number of aliphatic imine (C=N–C) groups is 1. The Bertz CT molecular complexity index is 168. The van der Waals surface area contributed by atoms with Gasteiger partial charge in [0.15, 0.2) is 0 Å². The summed E-state index contributed by atoms with van der Waals surface area (Å²) in [5.41, 5.74) is 0. The number of rotatable bonds is 1. The third-order valence-corrected chi connectivity index (χ3v) is 2.13. The Morgan fingerprint density at radius 3 is 2.82 bits per heavy atom. The molecule has 2 rings (SSSR count). The molecule has 2 heterocycles. The molecule has 0 spiro atoms. The topological polar surface area (TPSA) is 27.6 Å². The Balaban J connectivity index is 1.92. The van der Waals surface area contributed by atoms with Crippen LogP contribution < -0.4 is 5.32 Å². The second-order valence-corrected chi connectivity index (χ2v) is 2.88. The zero-order valence-electron chi connectivity index (χ0n) is 6.53. The molecule has 3 heteroatoms. The van der Waals surface area contributed by atoms with Gasteiger partial charge in [-0.15, -0.1) is 0 Å². The van der Waals surface area contributed by atoms with E-state index in [1.807, 2.05) is 12.3 Å². The van der Waals surface area contributed by atoms with Gasteiger partial charge in [-0.1, -0.05) is 0 Å². The summed E-state index contributed by atoms with van der Waals surface area (Å²) in [5, 5.41) is 3.32. The van der Waals surface area contributed by atoms with Crippen LogP contribution in [0.5, 0.6) is 0 Å². The molecule has 0 aliphatic carbocycles. The predicted octanol–water partition coefficient (Wildman–Crippen LogP) is -0.142. The largest absolute Gasteiger partial charge is 0.314 e. The van der Waals surface area contributed by atoms with Crippen molar-refractivity contribution >= 4 is 6.21 Å². The van der Waals surface area contributed by atoms with Crippen molar-refractivity contribution in [3.05, 3.63) is 12.2 Å². The molecule has 2 aliphatic heterocycles. The van der Waals surface area contributed by atoms with Gasteiger partial charge in [-0.3, -0.25) is 9.89 Å². The second kappa shape index (κ2) is 3.15. The van der Waals surface area contributed by atoms with Gasteiger partial charge in [0.05, 0.1) is 0 Å². The maximum absolute atomic E-state index is 4.32. The van der Waals surface area contributed by atoms with E-state index < -0.39 is 0 Å². The highest BCUT2D eigenvalue weighted by atomic mass is 15.3. The van der Waals surface area contributed by atoms with Crippen LogP contribution in [0.25, 0.3) is 0 Å². The Morgan fingerprint density at radius 1 is 1.36 bits per heavy atom. The average Bonchev–Trinajstić information content (AvgIpc) is 2.58. The van der Waals surface area contributed by atoms with Gasteiger partial charge in [0.25, 0.3) is 0 Å². The molecule has 0 saturated carbocycles. The van der Waals surface area contributed by atoms with E-state index >= 15 is 0 Å². The first kappa shape index (κ1) is 7.00. The van der Waals surface area contributed by atoms with Crippen LogP contribution in [-0.2, 0) is 0 Å². The van der Waals surface area contributed by atoms with Crippen molar-refractivity contribution in [2.45, 2.75) is 6.17 Å². The highest BCUT2D eigenvalue weighted by Gasteiger charge is 2.17. The lowest BCUT2D eigenvalue weighted by atomic mass is 10.3. The Kier molecular flexibility index (Phi) is 2.01. The highest BCUT2D eigenvalue weighted by molar-refractivity contribution is 5.74. The lowest BCUT2D eigenvalue weighted by Gasteiger charge is -2.29. The van der Waals surface area contributed by atoms with Gasteiger partial charge < -0.3 is 5.32 Å². The fourth-order valence-corrected chi connectivity index (χ4v) is 1.50. The lowest BCUT2D eigenvalue weighted by Crippen LogP contribution is -2.46. The van der Waals surface area contributed by atoms with Gasteiger partial charge in [0.2, 0.25) is 0 Å². The van der Waals surface area contributed by atoms with Crippen LogP contribution in [-0.4, -0.2) is 43.5 Å². The first-order valence-corrected chi connectivity index (χ1v) is 4.11. The van der Waals surface area contributed by atoms with Crippen LogP contribution in [0.4, 0.5) is 0 Å². The van der Waals surface area contributed by atoms with E-state index in [4.69, 9.17) is 0 Å². The third kappa shape index (κ3) is 1.49. The molecule has 0 aromatic carbocycles. The SMILES string of the molecule is C1=CC(N2CCNCC2)N=C1. The lowest BCUT2D eigenvalue weighted by molar-refractivity contribution is 0.208. The van der Waals surface area contributed by atoms with Gasteiger partial charge >= 0.3 is 0 Å². The molecular weight excluding hydrogens is 138 g/mol. The summed E-state index contributed by atoms with van der Waals surface area (Å²) in [7, 11) is 0. The van der Waals surface area contributed by atoms with E-state index in [1.165, 1.54) is 0 Å². The molecule has 1 saturated heterocycles. The van der Waals surface area contributed by atoms with Crippen molar-refractivity contribution in [3.8, 4) is 0 Å². The van der Waals surface area contributed by atoms with E-state index in [2.05, 4.69) is 21.3 Å². The van der Waals surface area contributed by atoms with Crippen LogP contribution in [0.15, 0.2) is 17.1 Å². The first-order chi connectivity index (χ1) is 5.47. The molecule has 11 heavy (non-hydrogen) atoms. The molecule has 1 fully saturated rings. The van der Waals surface area contributed by atoms with Crippen molar-refractivity contribution in [2.75, 3.05) is 26.2 Å². The zero-order valence-corrected chi connectivity index (χ0v) is 6.53. The molecule has 2 aliphatic rings. The normalized spacial score (nSPS) is 31.5. The van der Waals surface area contributed by atoms with Gasteiger partial charge in [-0.05, 0) is 12.2 Å². The van der Waals surface area contributed by atoms with Crippen molar-refractivity contribution in [3.63, 3.8) is 0 Å². The summed E-state index contributed by atoms with van der Waals surface area (Å²) in [6, 6.07) is 0. The first-order valence-electron chi connectivity index (χ1n) is 4.11. The molecule has 60 valence electrons. The zero-order chi connectivity index (χ0) is 7.52. The van der Waals surface area contributed by atoms with E-state index in [9.17, 15) is 0 Å². The number of allylic oxidation sites excluding steroid dienone is 1. The van der Waals surface area contributed by atoms with Crippen molar-refractivity contribution in [1.82, 2.24) is 10.2 Å². The summed E-state index contributed by atoms with van der Waals surface area (Å²) >= 11 is 0. The van der Waals surface area contributed by atoms with Crippen molar-refractivity contribution in [2.24, 2.45) is 4.99 Å². The van der Waals surface area contributed by atoms with Crippen LogP contribution in [0.2, 0.25) is 0 Å². The molecule has 1 unspecified atom stereocenters. The molecular formula is C8H13N3. The van der Waals surface area contributed by atoms with Crippen molar-refractivity contribution in [1.29, 1.82) is 0 Å². The molecule has 1 N–H and O–H groups in total. The highest BCUT2D eigenvalue weighted by Crippen LogP contribution is 2.07. The molecule has 1 atom stereocenters. The standard InChI is InChI=1S/C8H13N3/c1-2-8(10-3-1)11-6-4-9-5-7-11/h1-3,8-9H,4-7H2. The third-order valence-electron chi connectivity index (χ3n) is 2.13. The summed E-state index contributed by atoms with van der Waals surface area (Å²) in [6.45, 7) is 4.43. The van der Waals surface area contributed by atoms with Crippen molar-refractivity contribution < 1.29 is 0 Å². The number of piperazine rings is 1. The maximum atomic E-state index is 4.32. The smallest absolute Gasteiger partial charge is 0.121 e. The van der Waals surface area contributed by atoms with E-state index in [0.717, 1.165) is 26.2 Å². The maximum Gasteiger partial charge on any atom is 0.121 e. The van der Waals surface area contributed by atoms with E-state index in [-0.39, 0.29) is 0 Å².